The second-order valence-electron chi connectivity index (χ2n) is 4.20. The van der Waals surface area contributed by atoms with Gasteiger partial charge >= 0.3 is 0 Å². The number of carbonyl (C=O) groups excluding carboxylic acids is 1. The van der Waals surface area contributed by atoms with Crippen LogP contribution in [0.5, 0.6) is 0 Å². The molecule has 19 heavy (non-hydrogen) atoms. The highest BCUT2D eigenvalue weighted by molar-refractivity contribution is 7.73. The third kappa shape index (κ3) is 3.48. The number of H-pyrrole nitrogens is 1. The van der Waals surface area contributed by atoms with Crippen molar-refractivity contribution in [3.63, 3.8) is 0 Å². The van der Waals surface area contributed by atoms with Gasteiger partial charge in [-0.25, -0.2) is 0 Å². The number of aryl methyl sites for hydroxylation is 2. The maximum atomic E-state index is 11.9. The smallest absolute Gasteiger partial charge is 0.225 e. The van der Waals surface area contributed by atoms with E-state index in [1.54, 1.807) is 6.92 Å². The van der Waals surface area contributed by atoms with Gasteiger partial charge in [0.1, 0.15) is 0 Å². The molecule has 0 aliphatic heterocycles. The summed E-state index contributed by atoms with van der Waals surface area (Å²) in [6, 6.07) is -0.280. The Hall–Kier alpha value is -1.54. The molecule has 2 N–H and O–H groups in total. The van der Waals surface area contributed by atoms with Crippen LogP contribution in [0, 0.1) is 17.8 Å². The Morgan fingerprint density at radius 1 is 1.58 bits per heavy atom. The highest BCUT2D eigenvalue weighted by atomic mass is 32.1. The number of hydrogen-bond donors (Lipinski definition) is 2. The van der Waals surface area contributed by atoms with Crippen LogP contribution in [-0.2, 0) is 11.2 Å². The fourth-order valence-electron chi connectivity index (χ4n) is 1.60. The summed E-state index contributed by atoms with van der Waals surface area (Å²) < 4.78 is 5.56. The maximum absolute atomic E-state index is 11.9. The Balaban J connectivity index is 1.98. The van der Waals surface area contributed by atoms with Crippen molar-refractivity contribution in [3.05, 3.63) is 26.2 Å². The molecular weight excluding hydrogens is 284 g/mol. The molecular formula is C11H14N4O2S2. The summed E-state index contributed by atoms with van der Waals surface area (Å²) in [6.45, 7) is 5.43. The van der Waals surface area contributed by atoms with Gasteiger partial charge in [-0.3, -0.25) is 4.79 Å². The van der Waals surface area contributed by atoms with Gasteiger partial charge < -0.3 is 14.8 Å². The predicted octanol–water partition coefficient (Wildman–Crippen LogP) is 2.23. The molecule has 0 fully saturated rings. The Kier molecular flexibility index (Phi) is 4.11. The van der Waals surface area contributed by atoms with Gasteiger partial charge in [-0.05, 0) is 26.1 Å². The Morgan fingerprint density at radius 2 is 2.32 bits per heavy atom. The Morgan fingerprint density at radius 3 is 2.84 bits per heavy atom. The zero-order valence-electron chi connectivity index (χ0n) is 10.8. The number of carbonyl (C=O) groups is 1. The van der Waals surface area contributed by atoms with Gasteiger partial charge in [0.05, 0.1) is 12.5 Å². The molecule has 0 unspecified atom stereocenters. The van der Waals surface area contributed by atoms with Crippen molar-refractivity contribution >= 4 is 29.5 Å². The number of nitrogens with one attached hydrogen (secondary N) is 2. The lowest BCUT2D eigenvalue weighted by molar-refractivity contribution is -0.121. The number of rotatable bonds is 4. The Labute approximate surface area is 119 Å². The third-order valence-corrected chi connectivity index (χ3v) is 3.89. The summed E-state index contributed by atoms with van der Waals surface area (Å²) in [5.74, 6) is 0.864. The molecule has 0 aliphatic carbocycles. The van der Waals surface area contributed by atoms with E-state index in [1.807, 2.05) is 13.8 Å². The third-order valence-electron chi connectivity index (χ3n) is 2.55. The maximum Gasteiger partial charge on any atom is 0.225 e. The van der Waals surface area contributed by atoms with Gasteiger partial charge in [-0.1, -0.05) is 5.16 Å². The number of amides is 1. The molecule has 0 aliphatic rings. The van der Waals surface area contributed by atoms with E-state index in [0.29, 0.717) is 22.1 Å². The fourth-order valence-corrected chi connectivity index (χ4v) is 2.89. The topological polar surface area (TPSA) is 83.8 Å². The van der Waals surface area contributed by atoms with Crippen molar-refractivity contribution in [2.75, 3.05) is 0 Å². The quantitative estimate of drug-likeness (QED) is 0.846. The second-order valence-corrected chi connectivity index (χ2v) is 5.97. The molecule has 0 aromatic carbocycles. The van der Waals surface area contributed by atoms with Gasteiger partial charge in [-0.15, -0.1) is 11.3 Å². The highest BCUT2D eigenvalue weighted by Crippen LogP contribution is 2.16. The van der Waals surface area contributed by atoms with E-state index in [9.17, 15) is 4.79 Å². The first kappa shape index (κ1) is 13.9. The zero-order valence-corrected chi connectivity index (χ0v) is 12.4. The van der Waals surface area contributed by atoms with Crippen molar-refractivity contribution in [2.24, 2.45) is 0 Å². The lowest BCUT2D eigenvalue weighted by Gasteiger charge is -2.09. The van der Waals surface area contributed by atoms with Gasteiger partial charge in [-0.2, -0.15) is 4.98 Å². The summed E-state index contributed by atoms with van der Waals surface area (Å²) >= 11 is 6.46. The highest BCUT2D eigenvalue weighted by Gasteiger charge is 2.16. The van der Waals surface area contributed by atoms with Crippen LogP contribution in [0.15, 0.2) is 4.52 Å². The Bertz CT molecular complexity index is 643. The van der Waals surface area contributed by atoms with Crippen LogP contribution < -0.4 is 5.32 Å². The van der Waals surface area contributed by atoms with Crippen LogP contribution >= 0.6 is 23.6 Å². The SMILES string of the molecule is Cc1nc([C@H](C)NC(=O)Cc2sc(=S)[nH]c2C)no1. The number of thiazole rings is 1. The standard InChI is InChI=1S/C11H14N4O2S2/c1-5-8(19-11(18)13-5)4-9(16)12-6(2)10-14-7(3)17-15-10/h6H,4H2,1-3H3,(H,12,16)(H,13,18)/t6-/m0/s1. The lowest BCUT2D eigenvalue weighted by atomic mass is 10.2. The molecule has 2 rings (SSSR count). The van der Waals surface area contributed by atoms with E-state index in [4.69, 9.17) is 16.7 Å². The molecule has 1 atom stereocenters. The van der Waals surface area contributed by atoms with Crippen molar-refractivity contribution < 1.29 is 9.32 Å². The van der Waals surface area contributed by atoms with E-state index in [2.05, 4.69) is 20.4 Å². The molecule has 2 aromatic rings. The first-order valence-electron chi connectivity index (χ1n) is 5.74. The summed E-state index contributed by atoms with van der Waals surface area (Å²) in [6.07, 6.45) is 0.296. The van der Waals surface area contributed by atoms with Crippen LogP contribution in [0.3, 0.4) is 0 Å². The summed E-state index contributed by atoms with van der Waals surface area (Å²) in [5, 5.41) is 6.61. The van der Waals surface area contributed by atoms with Crippen molar-refractivity contribution in [3.8, 4) is 0 Å². The van der Waals surface area contributed by atoms with Crippen molar-refractivity contribution in [1.29, 1.82) is 0 Å². The van der Waals surface area contributed by atoms with Gasteiger partial charge in [0.25, 0.3) is 0 Å². The summed E-state index contributed by atoms with van der Waals surface area (Å²) in [4.78, 5) is 20.0. The average Bonchev–Trinajstić information content (AvgIpc) is 2.86. The normalized spacial score (nSPS) is 12.4. The minimum Gasteiger partial charge on any atom is -0.346 e. The molecule has 102 valence electrons. The molecule has 2 aromatic heterocycles. The van der Waals surface area contributed by atoms with E-state index in [-0.39, 0.29) is 11.9 Å². The van der Waals surface area contributed by atoms with Crippen LogP contribution in [0.4, 0.5) is 0 Å². The molecule has 0 saturated heterocycles. The predicted molar refractivity (Wildman–Crippen MR) is 73.5 cm³/mol. The first-order chi connectivity index (χ1) is 8.95. The molecule has 1 amide bonds. The molecule has 2 heterocycles. The first-order valence-corrected chi connectivity index (χ1v) is 6.96. The van der Waals surface area contributed by atoms with Gasteiger partial charge in [0.2, 0.25) is 11.8 Å². The molecule has 0 saturated carbocycles. The average molecular weight is 298 g/mol. The van der Waals surface area contributed by atoms with E-state index in [1.165, 1.54) is 11.3 Å². The van der Waals surface area contributed by atoms with Crippen LogP contribution in [0.2, 0.25) is 0 Å². The van der Waals surface area contributed by atoms with Crippen molar-refractivity contribution in [2.45, 2.75) is 33.2 Å². The lowest BCUT2D eigenvalue weighted by Crippen LogP contribution is -2.28. The molecule has 0 bridgehead atoms. The summed E-state index contributed by atoms with van der Waals surface area (Å²) in [5.41, 5.74) is 0.938. The molecule has 6 nitrogen and oxygen atoms in total. The second kappa shape index (κ2) is 5.62. The van der Waals surface area contributed by atoms with Gasteiger partial charge in [0.15, 0.2) is 9.78 Å². The largest absolute Gasteiger partial charge is 0.346 e. The fraction of sp³-hybridized carbons (Fsp3) is 0.455. The van der Waals surface area contributed by atoms with E-state index in [0.717, 1.165) is 10.6 Å². The molecule has 0 radical (unpaired) electrons. The van der Waals surface area contributed by atoms with E-state index < -0.39 is 0 Å². The van der Waals surface area contributed by atoms with Gasteiger partial charge in [0, 0.05) is 17.5 Å². The summed E-state index contributed by atoms with van der Waals surface area (Å²) in [7, 11) is 0. The number of hydrogen-bond acceptors (Lipinski definition) is 6. The molecule has 0 spiro atoms. The number of aromatic amines is 1. The minimum atomic E-state index is -0.280. The van der Waals surface area contributed by atoms with Crippen molar-refractivity contribution in [1.82, 2.24) is 20.4 Å². The zero-order chi connectivity index (χ0) is 14.0. The van der Waals surface area contributed by atoms with Crippen LogP contribution in [0.25, 0.3) is 0 Å². The minimum absolute atomic E-state index is 0.0942. The van der Waals surface area contributed by atoms with E-state index >= 15 is 0 Å². The monoisotopic (exact) mass is 298 g/mol. The number of aromatic nitrogens is 3. The van der Waals surface area contributed by atoms with Crippen LogP contribution in [0.1, 0.15) is 35.3 Å². The van der Waals surface area contributed by atoms with Crippen LogP contribution in [-0.4, -0.2) is 21.0 Å². The number of nitrogens with zero attached hydrogens (tertiary/aromatic N) is 2. The molecule has 8 heteroatoms.